The molecule has 0 aliphatic rings. The van der Waals surface area contributed by atoms with Crippen LogP contribution in [-0.2, 0) is 4.79 Å². The van der Waals surface area contributed by atoms with Gasteiger partial charge in [0.1, 0.15) is 6.04 Å². The maximum Gasteiger partial charge on any atom is 0.242 e. The number of hydrogen-bond donors (Lipinski definition) is 2. The highest BCUT2D eigenvalue weighted by Crippen LogP contribution is 2.19. The van der Waals surface area contributed by atoms with Crippen molar-refractivity contribution < 1.29 is 4.79 Å². The van der Waals surface area contributed by atoms with Crippen LogP contribution in [0.2, 0.25) is 0 Å². The molecular formula is C14H15IN4O. The number of halogens is 1. The van der Waals surface area contributed by atoms with Gasteiger partial charge in [0.2, 0.25) is 11.9 Å². The topological polar surface area (TPSA) is 66.9 Å². The average Bonchev–Trinajstić information content (AvgIpc) is 2.47. The van der Waals surface area contributed by atoms with Gasteiger partial charge in [0.15, 0.2) is 0 Å². The van der Waals surface area contributed by atoms with E-state index in [1.807, 2.05) is 30.3 Å². The molecule has 2 rings (SSSR count). The van der Waals surface area contributed by atoms with Crippen molar-refractivity contribution in [2.24, 2.45) is 0 Å². The molecule has 1 heterocycles. The molecule has 0 spiro atoms. The Bertz CT molecular complexity index is 600. The van der Waals surface area contributed by atoms with Gasteiger partial charge in [0.05, 0.1) is 5.69 Å². The van der Waals surface area contributed by atoms with Crippen molar-refractivity contribution >= 4 is 34.4 Å². The van der Waals surface area contributed by atoms with Gasteiger partial charge in [-0.2, -0.15) is 0 Å². The fourth-order valence-corrected chi connectivity index (χ4v) is 2.04. The summed E-state index contributed by atoms with van der Waals surface area (Å²) in [5.74, 6) is 0.338. The Hall–Kier alpha value is -1.70. The summed E-state index contributed by atoms with van der Waals surface area (Å²) in [6.07, 6.45) is 1.68. The second-order valence-corrected chi connectivity index (χ2v) is 5.50. The van der Waals surface area contributed by atoms with Crippen LogP contribution in [0.25, 0.3) is 11.3 Å². The van der Waals surface area contributed by atoms with E-state index in [0.29, 0.717) is 5.95 Å². The number of carbonyl (C=O) groups excluding carboxylic acids is 1. The molecule has 1 aromatic carbocycles. The van der Waals surface area contributed by atoms with E-state index in [2.05, 4.69) is 43.2 Å². The van der Waals surface area contributed by atoms with Crippen molar-refractivity contribution in [3.8, 4) is 11.3 Å². The Kier molecular flexibility index (Phi) is 4.89. The molecule has 0 bridgehead atoms. The lowest BCUT2D eigenvalue weighted by atomic mass is 10.1. The number of rotatable bonds is 4. The van der Waals surface area contributed by atoms with E-state index in [0.717, 1.165) is 11.3 Å². The second kappa shape index (κ2) is 6.65. The van der Waals surface area contributed by atoms with Crippen LogP contribution in [-0.4, -0.2) is 29.0 Å². The summed E-state index contributed by atoms with van der Waals surface area (Å²) in [5, 5.41) is 5.56. The van der Waals surface area contributed by atoms with Gasteiger partial charge in [0.25, 0.3) is 0 Å². The fourth-order valence-electron chi connectivity index (χ4n) is 1.69. The molecule has 104 valence electrons. The van der Waals surface area contributed by atoms with Crippen molar-refractivity contribution in [1.29, 1.82) is 0 Å². The van der Waals surface area contributed by atoms with Gasteiger partial charge in [-0.25, -0.2) is 9.97 Å². The number of carbonyl (C=O) groups is 1. The van der Waals surface area contributed by atoms with Crippen molar-refractivity contribution in [3.05, 3.63) is 40.1 Å². The summed E-state index contributed by atoms with van der Waals surface area (Å²) >= 11 is 2.26. The monoisotopic (exact) mass is 382 g/mol. The first kappa shape index (κ1) is 14.7. The number of hydrogen-bond acceptors (Lipinski definition) is 4. The molecule has 0 saturated carbocycles. The fraction of sp³-hybridized carbons (Fsp3) is 0.214. The lowest BCUT2D eigenvalue weighted by molar-refractivity contribution is -0.121. The summed E-state index contributed by atoms with van der Waals surface area (Å²) in [6, 6.07) is 9.53. The Labute approximate surface area is 131 Å². The molecule has 6 heteroatoms. The van der Waals surface area contributed by atoms with Gasteiger partial charge in [0, 0.05) is 22.4 Å². The number of anilines is 1. The molecular weight excluding hydrogens is 367 g/mol. The zero-order chi connectivity index (χ0) is 14.5. The predicted octanol–water partition coefficient (Wildman–Crippen LogP) is 2.29. The molecule has 0 fully saturated rings. The minimum absolute atomic E-state index is 0.103. The predicted molar refractivity (Wildman–Crippen MR) is 87.3 cm³/mol. The molecule has 5 nitrogen and oxygen atoms in total. The van der Waals surface area contributed by atoms with Gasteiger partial charge in [-0.3, -0.25) is 4.79 Å². The molecule has 1 unspecified atom stereocenters. The molecule has 0 radical (unpaired) electrons. The van der Waals surface area contributed by atoms with Crippen LogP contribution < -0.4 is 10.6 Å². The third-order valence-electron chi connectivity index (χ3n) is 2.78. The molecule has 20 heavy (non-hydrogen) atoms. The van der Waals surface area contributed by atoms with E-state index in [4.69, 9.17) is 0 Å². The van der Waals surface area contributed by atoms with Crippen molar-refractivity contribution in [2.75, 3.05) is 12.4 Å². The van der Waals surface area contributed by atoms with Crippen LogP contribution in [0.1, 0.15) is 6.92 Å². The van der Waals surface area contributed by atoms with E-state index in [1.54, 1.807) is 20.2 Å². The van der Waals surface area contributed by atoms with Gasteiger partial charge >= 0.3 is 0 Å². The normalized spacial score (nSPS) is 11.8. The highest BCUT2D eigenvalue weighted by atomic mass is 127. The van der Waals surface area contributed by atoms with E-state index < -0.39 is 0 Å². The van der Waals surface area contributed by atoms with Crippen LogP contribution in [0.4, 0.5) is 5.95 Å². The van der Waals surface area contributed by atoms with E-state index in [1.165, 1.54) is 3.57 Å². The Balaban J connectivity index is 2.20. The number of nitrogens with one attached hydrogen (secondary N) is 2. The third-order valence-corrected chi connectivity index (χ3v) is 3.50. The van der Waals surface area contributed by atoms with Crippen molar-refractivity contribution in [1.82, 2.24) is 15.3 Å². The van der Waals surface area contributed by atoms with Gasteiger partial charge in [-0.15, -0.1) is 0 Å². The maximum atomic E-state index is 11.5. The standard InChI is InChI=1S/C14H15IN4O/c1-9(13(20)16-2)18-14-17-8-7-12(19-14)10-3-5-11(15)6-4-10/h3-9H,1-2H3,(H,16,20)(H,17,18,19). The molecule has 1 amide bonds. The highest BCUT2D eigenvalue weighted by molar-refractivity contribution is 14.1. The Morgan fingerprint density at radius 3 is 2.60 bits per heavy atom. The zero-order valence-corrected chi connectivity index (χ0v) is 13.4. The highest BCUT2D eigenvalue weighted by Gasteiger charge is 2.12. The largest absolute Gasteiger partial charge is 0.357 e. The quantitative estimate of drug-likeness (QED) is 0.797. The van der Waals surface area contributed by atoms with E-state index in [9.17, 15) is 4.79 Å². The number of likely N-dealkylation sites (N-methyl/N-ethyl adjacent to an activating group) is 1. The smallest absolute Gasteiger partial charge is 0.242 e. The maximum absolute atomic E-state index is 11.5. The zero-order valence-electron chi connectivity index (χ0n) is 11.2. The minimum atomic E-state index is -0.382. The van der Waals surface area contributed by atoms with E-state index >= 15 is 0 Å². The minimum Gasteiger partial charge on any atom is -0.357 e. The number of aromatic nitrogens is 2. The number of amides is 1. The molecule has 0 saturated heterocycles. The first-order valence-electron chi connectivity index (χ1n) is 6.17. The molecule has 2 N–H and O–H groups in total. The van der Waals surface area contributed by atoms with Crippen LogP contribution in [0, 0.1) is 3.57 Å². The summed E-state index contributed by atoms with van der Waals surface area (Å²) in [5.41, 5.74) is 1.84. The first-order chi connectivity index (χ1) is 9.60. The molecule has 0 aliphatic heterocycles. The molecule has 1 atom stereocenters. The summed E-state index contributed by atoms with van der Waals surface area (Å²) in [7, 11) is 1.60. The molecule has 1 aromatic heterocycles. The van der Waals surface area contributed by atoms with Crippen molar-refractivity contribution in [3.63, 3.8) is 0 Å². The van der Waals surface area contributed by atoms with Crippen LogP contribution in [0.5, 0.6) is 0 Å². The van der Waals surface area contributed by atoms with Gasteiger partial charge < -0.3 is 10.6 Å². The SMILES string of the molecule is CNC(=O)C(C)Nc1nccc(-c2ccc(I)cc2)n1. The van der Waals surface area contributed by atoms with Crippen LogP contribution in [0.3, 0.4) is 0 Å². The van der Waals surface area contributed by atoms with Crippen LogP contribution in [0.15, 0.2) is 36.5 Å². The van der Waals surface area contributed by atoms with Gasteiger partial charge in [-0.1, -0.05) is 12.1 Å². The van der Waals surface area contributed by atoms with Gasteiger partial charge in [-0.05, 0) is 47.7 Å². The summed E-state index contributed by atoms with van der Waals surface area (Å²) in [4.78, 5) is 20.0. The number of benzene rings is 1. The molecule has 2 aromatic rings. The third kappa shape index (κ3) is 3.66. The summed E-state index contributed by atoms with van der Waals surface area (Å²) < 4.78 is 1.17. The van der Waals surface area contributed by atoms with E-state index in [-0.39, 0.29) is 11.9 Å². The summed E-state index contributed by atoms with van der Waals surface area (Å²) in [6.45, 7) is 1.76. The van der Waals surface area contributed by atoms with Crippen LogP contribution >= 0.6 is 22.6 Å². The molecule has 0 aliphatic carbocycles. The lowest BCUT2D eigenvalue weighted by Crippen LogP contribution is -2.35. The Morgan fingerprint density at radius 2 is 1.95 bits per heavy atom. The second-order valence-electron chi connectivity index (χ2n) is 4.25. The Morgan fingerprint density at radius 1 is 1.25 bits per heavy atom. The lowest BCUT2D eigenvalue weighted by Gasteiger charge is -2.12. The number of nitrogens with zero attached hydrogens (tertiary/aromatic N) is 2. The average molecular weight is 382 g/mol. The first-order valence-corrected chi connectivity index (χ1v) is 7.25. The van der Waals surface area contributed by atoms with Crippen molar-refractivity contribution in [2.45, 2.75) is 13.0 Å².